The van der Waals surface area contributed by atoms with Crippen LogP contribution in [0.15, 0.2) is 73.7 Å². The van der Waals surface area contributed by atoms with E-state index in [2.05, 4.69) is 26.1 Å². The summed E-state index contributed by atoms with van der Waals surface area (Å²) in [6.45, 7) is 0. The minimum Gasteiger partial charge on any atom is -0.455 e. The number of nitrogens with zero attached hydrogens (tertiary/aromatic N) is 4. The molecular formula is C20H11BrCl2N4OS. The average Bonchev–Trinajstić information content (AvgIpc) is 3.37. The maximum Gasteiger partial charge on any atom is 0.212 e. The number of hydrogen-bond acceptors (Lipinski definition) is 5. The quantitative estimate of drug-likeness (QED) is 0.313. The van der Waals surface area contributed by atoms with Gasteiger partial charge in [0.05, 0.1) is 5.02 Å². The van der Waals surface area contributed by atoms with E-state index in [-0.39, 0.29) is 0 Å². The summed E-state index contributed by atoms with van der Waals surface area (Å²) in [6, 6.07) is 16.9. The van der Waals surface area contributed by atoms with Gasteiger partial charge in [-0.1, -0.05) is 63.0 Å². The van der Waals surface area contributed by atoms with Crippen molar-refractivity contribution in [2.24, 2.45) is 5.10 Å². The second-order valence-corrected chi connectivity index (χ2v) is 8.86. The topological polar surface area (TPSA) is 56.2 Å². The van der Waals surface area contributed by atoms with Crippen LogP contribution in [0.1, 0.15) is 5.76 Å². The van der Waals surface area contributed by atoms with E-state index in [4.69, 9.17) is 32.7 Å². The summed E-state index contributed by atoms with van der Waals surface area (Å²) < 4.78 is 8.73. The van der Waals surface area contributed by atoms with Crippen LogP contribution >= 0.6 is 50.9 Å². The van der Waals surface area contributed by atoms with Crippen molar-refractivity contribution >= 4 is 56.6 Å². The third-order valence-electron chi connectivity index (χ3n) is 4.37. The fraction of sp³-hybridized carbons (Fsp3) is 0.0500. The van der Waals surface area contributed by atoms with Crippen LogP contribution in [0.2, 0.25) is 10.0 Å². The molecule has 144 valence electrons. The number of rotatable bonds is 3. The van der Waals surface area contributed by atoms with Gasteiger partial charge < -0.3 is 4.42 Å². The number of benzene rings is 2. The molecule has 1 aliphatic rings. The fourth-order valence-electron chi connectivity index (χ4n) is 2.98. The van der Waals surface area contributed by atoms with Gasteiger partial charge in [0.1, 0.15) is 11.5 Å². The van der Waals surface area contributed by atoms with Crippen LogP contribution in [-0.4, -0.2) is 26.3 Å². The molecule has 4 aromatic rings. The molecule has 29 heavy (non-hydrogen) atoms. The Labute approximate surface area is 188 Å². The molecule has 2 aromatic carbocycles. The lowest BCUT2D eigenvalue weighted by molar-refractivity contribution is 0.570. The van der Waals surface area contributed by atoms with Gasteiger partial charge in [-0.3, -0.25) is 0 Å². The molecule has 0 atom stereocenters. The zero-order valence-electron chi connectivity index (χ0n) is 14.6. The van der Waals surface area contributed by atoms with Crippen LogP contribution in [0.3, 0.4) is 0 Å². The molecule has 2 aromatic heterocycles. The first kappa shape index (κ1) is 18.9. The first-order valence-electron chi connectivity index (χ1n) is 8.57. The van der Waals surface area contributed by atoms with Gasteiger partial charge in [0.25, 0.3) is 0 Å². The highest BCUT2D eigenvalue weighted by Gasteiger charge is 2.23. The zero-order chi connectivity index (χ0) is 20.0. The second kappa shape index (κ2) is 7.65. The van der Waals surface area contributed by atoms with E-state index >= 15 is 0 Å². The number of thioether (sulfide) groups is 1. The zero-order valence-corrected chi connectivity index (χ0v) is 18.6. The predicted molar refractivity (Wildman–Crippen MR) is 120 cm³/mol. The Morgan fingerprint density at radius 1 is 0.966 bits per heavy atom. The molecular weight excluding hydrogens is 495 g/mol. The third-order valence-corrected chi connectivity index (χ3v) is 6.56. The van der Waals surface area contributed by atoms with E-state index < -0.39 is 0 Å². The molecule has 5 nitrogen and oxygen atoms in total. The number of halogens is 3. The summed E-state index contributed by atoms with van der Waals surface area (Å²) in [7, 11) is 0. The molecule has 0 aliphatic carbocycles. The van der Waals surface area contributed by atoms with Crippen LogP contribution in [0.4, 0.5) is 0 Å². The molecule has 0 saturated heterocycles. The largest absolute Gasteiger partial charge is 0.455 e. The molecule has 5 rings (SSSR count). The molecule has 0 spiro atoms. The van der Waals surface area contributed by atoms with Crippen LogP contribution in [0.25, 0.3) is 22.7 Å². The van der Waals surface area contributed by atoms with Crippen LogP contribution in [0, 0.1) is 0 Å². The highest BCUT2D eigenvalue weighted by Crippen LogP contribution is 2.34. The standard InChI is InChI=1S/C20H11BrCl2N4OS/c21-14-4-2-1-3-12(14)19-24-25-20-27(19)26-16(10-29-20)18-8-7-17(28-18)13-9-11(22)5-6-15(13)23/h1-9H,10H2. The van der Waals surface area contributed by atoms with E-state index in [0.717, 1.165) is 26.5 Å². The Morgan fingerprint density at radius 3 is 2.66 bits per heavy atom. The van der Waals surface area contributed by atoms with Crippen molar-refractivity contribution in [1.82, 2.24) is 14.9 Å². The van der Waals surface area contributed by atoms with Crippen molar-refractivity contribution in [3.05, 3.63) is 74.9 Å². The van der Waals surface area contributed by atoms with Crippen LogP contribution < -0.4 is 0 Å². The monoisotopic (exact) mass is 504 g/mol. The Hall–Kier alpha value is -2.06. The summed E-state index contributed by atoms with van der Waals surface area (Å²) >= 11 is 17.5. The minimum absolute atomic E-state index is 0.576. The first-order valence-corrected chi connectivity index (χ1v) is 11.1. The number of hydrogen-bond donors (Lipinski definition) is 0. The fourth-order valence-corrected chi connectivity index (χ4v) is 4.64. The smallest absolute Gasteiger partial charge is 0.212 e. The molecule has 0 N–H and O–H groups in total. The molecule has 3 heterocycles. The number of fused-ring (bicyclic) bond motifs is 1. The SMILES string of the molecule is Clc1ccc(Cl)c(-c2ccc(C3=Nn4c(nnc4-c4ccccc4Br)SC3)o2)c1. The Kier molecular flexibility index (Phi) is 4.99. The van der Waals surface area contributed by atoms with Crippen LogP contribution in [-0.2, 0) is 0 Å². The maximum atomic E-state index is 6.30. The molecule has 9 heteroatoms. The van der Waals surface area contributed by atoms with Gasteiger partial charge in [-0.05, 0) is 42.5 Å². The lowest BCUT2D eigenvalue weighted by Crippen LogP contribution is -2.13. The highest BCUT2D eigenvalue weighted by molar-refractivity contribution is 9.10. The van der Waals surface area contributed by atoms with Crippen molar-refractivity contribution < 1.29 is 4.42 Å². The molecule has 0 radical (unpaired) electrons. The summed E-state index contributed by atoms with van der Waals surface area (Å²) in [4.78, 5) is 0. The summed E-state index contributed by atoms with van der Waals surface area (Å²) in [5, 5.41) is 15.3. The number of furan rings is 1. The van der Waals surface area contributed by atoms with Crippen molar-refractivity contribution in [2.45, 2.75) is 5.16 Å². The lowest BCUT2D eigenvalue weighted by atomic mass is 10.2. The average molecular weight is 506 g/mol. The van der Waals surface area contributed by atoms with E-state index in [1.54, 1.807) is 34.6 Å². The summed E-state index contributed by atoms with van der Waals surface area (Å²) in [6.07, 6.45) is 0. The normalized spacial score (nSPS) is 13.3. The molecule has 0 unspecified atom stereocenters. The van der Waals surface area contributed by atoms with Crippen LogP contribution in [0.5, 0.6) is 0 Å². The lowest BCUT2D eigenvalue weighted by Gasteiger charge is -2.12. The van der Waals surface area contributed by atoms with E-state index in [9.17, 15) is 0 Å². The Bertz CT molecular complexity index is 1270. The van der Waals surface area contributed by atoms with Gasteiger partial charge in [-0.15, -0.1) is 10.2 Å². The molecule has 1 aliphatic heterocycles. The van der Waals surface area contributed by atoms with Gasteiger partial charge >= 0.3 is 0 Å². The van der Waals surface area contributed by atoms with Crippen molar-refractivity contribution in [2.75, 3.05) is 5.75 Å². The van der Waals surface area contributed by atoms with Gasteiger partial charge in [0.2, 0.25) is 5.16 Å². The van der Waals surface area contributed by atoms with Gasteiger partial charge in [0.15, 0.2) is 11.6 Å². The third kappa shape index (κ3) is 3.53. The van der Waals surface area contributed by atoms with Crippen molar-refractivity contribution in [3.63, 3.8) is 0 Å². The molecule has 0 saturated carbocycles. The minimum atomic E-state index is 0.576. The maximum absolute atomic E-state index is 6.30. The predicted octanol–water partition coefficient (Wildman–Crippen LogP) is 6.63. The summed E-state index contributed by atoms with van der Waals surface area (Å²) in [5.41, 5.74) is 2.45. The van der Waals surface area contributed by atoms with Crippen molar-refractivity contribution in [1.29, 1.82) is 0 Å². The first-order chi connectivity index (χ1) is 14.1. The Morgan fingerprint density at radius 2 is 1.79 bits per heavy atom. The van der Waals surface area contributed by atoms with Gasteiger partial charge in [-0.2, -0.15) is 9.78 Å². The van der Waals surface area contributed by atoms with Gasteiger partial charge in [0, 0.05) is 26.4 Å². The molecule has 0 amide bonds. The molecule has 0 fully saturated rings. The van der Waals surface area contributed by atoms with Gasteiger partial charge in [-0.25, -0.2) is 0 Å². The highest BCUT2D eigenvalue weighted by atomic mass is 79.9. The summed E-state index contributed by atoms with van der Waals surface area (Å²) in [5.74, 6) is 2.60. The molecule has 0 bridgehead atoms. The Balaban J connectivity index is 1.55. The second-order valence-electron chi connectivity index (χ2n) is 6.22. The van der Waals surface area contributed by atoms with E-state index in [0.29, 0.717) is 33.1 Å². The van der Waals surface area contributed by atoms with Crippen molar-refractivity contribution in [3.8, 4) is 22.7 Å². The number of aromatic nitrogens is 3. The van der Waals surface area contributed by atoms with E-state index in [1.807, 2.05) is 36.4 Å². The van der Waals surface area contributed by atoms with E-state index in [1.165, 1.54) is 0 Å².